The molecule has 1 unspecified atom stereocenters. The molecule has 3 rings (SSSR count). The lowest BCUT2D eigenvalue weighted by Crippen LogP contribution is -2.43. The number of piperidine rings is 1. The molecule has 172 valence electrons. The Morgan fingerprint density at radius 2 is 2.10 bits per heavy atom. The summed E-state index contributed by atoms with van der Waals surface area (Å²) in [5, 5.41) is 20.9. The van der Waals surface area contributed by atoms with E-state index in [0.717, 1.165) is 50.9 Å². The van der Waals surface area contributed by atoms with E-state index in [1.807, 2.05) is 26.0 Å². The van der Waals surface area contributed by atoms with Gasteiger partial charge >= 0.3 is 0 Å². The van der Waals surface area contributed by atoms with Gasteiger partial charge in [0.05, 0.1) is 17.2 Å². The molecular weight excluding hydrogens is 410 g/mol. The van der Waals surface area contributed by atoms with Crippen LogP contribution in [0.1, 0.15) is 55.8 Å². The van der Waals surface area contributed by atoms with Gasteiger partial charge in [0.2, 0.25) is 0 Å². The van der Waals surface area contributed by atoms with Crippen LogP contribution < -0.4 is 10.6 Å². The first-order chi connectivity index (χ1) is 14.9. The molecule has 0 radical (unpaired) electrons. The molecule has 3 heterocycles. The Kier molecular flexibility index (Phi) is 8.51. The number of nitrogens with zero attached hydrogens (tertiary/aromatic N) is 3. The maximum Gasteiger partial charge on any atom is 0.191 e. The normalized spacial score (nSPS) is 18.2. The number of aromatic nitrogens is 1. The van der Waals surface area contributed by atoms with Gasteiger partial charge in [-0.3, -0.25) is 4.90 Å². The van der Waals surface area contributed by atoms with Gasteiger partial charge in [-0.25, -0.2) is 9.98 Å². The molecule has 1 aliphatic rings. The van der Waals surface area contributed by atoms with Crippen molar-refractivity contribution < 1.29 is 9.52 Å². The number of rotatable bonds is 9. The largest absolute Gasteiger partial charge is 0.463 e. The number of hydrogen-bond donors (Lipinski definition) is 3. The van der Waals surface area contributed by atoms with Crippen LogP contribution in [0.15, 0.2) is 26.9 Å². The molecule has 31 heavy (non-hydrogen) atoms. The second kappa shape index (κ2) is 11.1. The Labute approximate surface area is 190 Å². The number of aliphatic hydroxyl groups is 1. The van der Waals surface area contributed by atoms with Gasteiger partial charge < -0.3 is 20.2 Å². The van der Waals surface area contributed by atoms with Gasteiger partial charge in [-0.15, -0.1) is 11.3 Å². The van der Waals surface area contributed by atoms with Crippen molar-refractivity contribution in [2.45, 2.75) is 59.1 Å². The minimum atomic E-state index is -1.13. The minimum Gasteiger partial charge on any atom is -0.463 e. The van der Waals surface area contributed by atoms with E-state index in [1.165, 1.54) is 23.5 Å². The third kappa shape index (κ3) is 7.05. The van der Waals surface area contributed by atoms with Crippen LogP contribution in [0.5, 0.6) is 0 Å². The monoisotopic (exact) mass is 447 g/mol. The molecule has 0 bridgehead atoms. The lowest BCUT2D eigenvalue weighted by Gasteiger charge is -2.31. The summed E-state index contributed by atoms with van der Waals surface area (Å²) >= 11 is 1.77. The van der Waals surface area contributed by atoms with Gasteiger partial charge in [0.1, 0.15) is 17.1 Å². The number of aliphatic imine (C=N–C) groups is 1. The molecule has 1 aliphatic heterocycles. The highest BCUT2D eigenvalue weighted by molar-refractivity contribution is 7.09. The molecule has 8 heteroatoms. The summed E-state index contributed by atoms with van der Waals surface area (Å²) < 4.78 is 5.59. The second-order valence-electron chi connectivity index (χ2n) is 8.57. The highest BCUT2D eigenvalue weighted by atomic mass is 32.1. The molecule has 3 N–H and O–H groups in total. The zero-order valence-corrected chi connectivity index (χ0v) is 20.1. The van der Waals surface area contributed by atoms with Crippen LogP contribution in [-0.2, 0) is 18.6 Å². The number of furan rings is 1. The number of nitrogens with one attached hydrogen (secondary N) is 2. The second-order valence-corrected chi connectivity index (χ2v) is 9.51. The number of thiazole rings is 1. The van der Waals surface area contributed by atoms with E-state index in [-0.39, 0.29) is 6.54 Å². The molecule has 0 amide bonds. The van der Waals surface area contributed by atoms with Gasteiger partial charge in [-0.2, -0.15) is 0 Å². The molecule has 1 saturated heterocycles. The topological polar surface area (TPSA) is 85.9 Å². The van der Waals surface area contributed by atoms with Gasteiger partial charge in [0, 0.05) is 25.0 Å². The zero-order chi connectivity index (χ0) is 22.3. The van der Waals surface area contributed by atoms with Crippen molar-refractivity contribution in [1.82, 2.24) is 20.5 Å². The van der Waals surface area contributed by atoms with Gasteiger partial charge in [-0.1, -0.05) is 6.92 Å². The predicted octanol–water partition coefficient (Wildman–Crippen LogP) is 3.28. The number of hydrogen-bond acceptors (Lipinski definition) is 6. The van der Waals surface area contributed by atoms with E-state index in [9.17, 15) is 5.11 Å². The smallest absolute Gasteiger partial charge is 0.191 e. The van der Waals surface area contributed by atoms with Crippen LogP contribution in [0.4, 0.5) is 0 Å². The van der Waals surface area contributed by atoms with Crippen LogP contribution >= 0.6 is 11.3 Å². The van der Waals surface area contributed by atoms with Crippen molar-refractivity contribution in [2.75, 3.05) is 32.7 Å². The molecular formula is C23H37N5O2S. The fourth-order valence-corrected chi connectivity index (χ4v) is 4.52. The van der Waals surface area contributed by atoms with Crippen molar-refractivity contribution in [3.8, 4) is 0 Å². The first-order valence-electron chi connectivity index (χ1n) is 11.4. The van der Waals surface area contributed by atoms with E-state index in [2.05, 4.69) is 32.8 Å². The van der Waals surface area contributed by atoms with Gasteiger partial charge in [0.25, 0.3) is 0 Å². The van der Waals surface area contributed by atoms with Gasteiger partial charge in [-0.05, 0) is 71.2 Å². The predicted molar refractivity (Wildman–Crippen MR) is 126 cm³/mol. The van der Waals surface area contributed by atoms with Crippen molar-refractivity contribution in [3.05, 3.63) is 39.7 Å². The summed E-state index contributed by atoms with van der Waals surface area (Å²) in [5.74, 6) is 2.69. The van der Waals surface area contributed by atoms with E-state index < -0.39 is 5.60 Å². The molecule has 0 saturated carbocycles. The van der Waals surface area contributed by atoms with E-state index in [4.69, 9.17) is 9.40 Å². The SMILES string of the molecule is CCNC(=NCC(C)(O)c1ccc(C)o1)NCC1CCN(Cc2csc(CC)n2)CC1. The first-order valence-corrected chi connectivity index (χ1v) is 12.2. The molecule has 1 atom stereocenters. The summed E-state index contributed by atoms with van der Waals surface area (Å²) in [6.07, 6.45) is 3.35. The van der Waals surface area contributed by atoms with Crippen molar-refractivity contribution >= 4 is 17.3 Å². The molecule has 0 spiro atoms. The average Bonchev–Trinajstić information content (AvgIpc) is 3.40. The van der Waals surface area contributed by atoms with Crippen molar-refractivity contribution in [3.63, 3.8) is 0 Å². The highest BCUT2D eigenvalue weighted by Gasteiger charge is 2.27. The third-order valence-corrected chi connectivity index (χ3v) is 6.76. The van der Waals surface area contributed by atoms with Crippen LogP contribution in [0.3, 0.4) is 0 Å². The van der Waals surface area contributed by atoms with Crippen LogP contribution in [0, 0.1) is 12.8 Å². The van der Waals surface area contributed by atoms with E-state index in [0.29, 0.717) is 11.7 Å². The standard InChI is InChI=1S/C23H37N5O2S/c1-5-21-27-19(15-31-21)14-28-11-9-18(10-12-28)13-25-22(24-6-2)26-16-23(4,29)20-8-7-17(3)30-20/h7-8,15,18,29H,5-6,9-14,16H2,1-4H3,(H2,24,25,26). The van der Waals surface area contributed by atoms with Gasteiger partial charge in [0.15, 0.2) is 5.96 Å². The summed E-state index contributed by atoms with van der Waals surface area (Å²) in [4.78, 5) is 11.8. The Morgan fingerprint density at radius 3 is 2.71 bits per heavy atom. The number of guanidine groups is 1. The zero-order valence-electron chi connectivity index (χ0n) is 19.3. The molecule has 2 aromatic rings. The third-order valence-electron chi connectivity index (χ3n) is 5.71. The summed E-state index contributed by atoms with van der Waals surface area (Å²) in [6.45, 7) is 12.9. The lowest BCUT2D eigenvalue weighted by atomic mass is 9.97. The fourth-order valence-electron chi connectivity index (χ4n) is 3.78. The Bertz CT molecular complexity index is 837. The minimum absolute atomic E-state index is 0.237. The molecule has 0 aliphatic carbocycles. The Hall–Kier alpha value is -1.90. The van der Waals surface area contributed by atoms with Crippen molar-refractivity contribution in [2.24, 2.45) is 10.9 Å². The Morgan fingerprint density at radius 1 is 1.32 bits per heavy atom. The summed E-state index contributed by atoms with van der Waals surface area (Å²) in [6, 6.07) is 3.67. The lowest BCUT2D eigenvalue weighted by molar-refractivity contribution is 0.0428. The summed E-state index contributed by atoms with van der Waals surface area (Å²) in [7, 11) is 0. The van der Waals surface area contributed by atoms with E-state index >= 15 is 0 Å². The average molecular weight is 448 g/mol. The summed E-state index contributed by atoms with van der Waals surface area (Å²) in [5.41, 5.74) is 0.0775. The van der Waals surface area contributed by atoms with Crippen LogP contribution in [0.25, 0.3) is 0 Å². The fraction of sp³-hybridized carbons (Fsp3) is 0.652. The molecule has 0 aromatic carbocycles. The van der Waals surface area contributed by atoms with Crippen molar-refractivity contribution in [1.29, 1.82) is 0 Å². The number of aryl methyl sites for hydroxylation is 2. The molecule has 2 aromatic heterocycles. The maximum atomic E-state index is 10.7. The molecule has 7 nitrogen and oxygen atoms in total. The number of likely N-dealkylation sites (tertiary alicyclic amines) is 1. The van der Waals surface area contributed by atoms with Crippen LogP contribution in [-0.4, -0.2) is 53.7 Å². The highest BCUT2D eigenvalue weighted by Crippen LogP contribution is 2.23. The first kappa shape index (κ1) is 23.8. The Balaban J connectivity index is 1.45. The molecule has 1 fully saturated rings. The quantitative estimate of drug-likeness (QED) is 0.404. The van der Waals surface area contributed by atoms with E-state index in [1.54, 1.807) is 18.3 Å². The van der Waals surface area contributed by atoms with Crippen LogP contribution in [0.2, 0.25) is 0 Å². The maximum absolute atomic E-state index is 10.7.